The molecule has 1 aromatic rings. The van der Waals surface area contributed by atoms with Crippen LogP contribution in [0.1, 0.15) is 55.2 Å². The molecule has 1 N–H and O–H groups in total. The van der Waals surface area contributed by atoms with Crippen LogP contribution in [0.3, 0.4) is 0 Å². The van der Waals surface area contributed by atoms with Crippen molar-refractivity contribution in [1.82, 2.24) is 5.32 Å². The molecule has 2 rings (SSSR count). The Morgan fingerprint density at radius 2 is 2.00 bits per heavy atom. The maximum absolute atomic E-state index is 5.79. The van der Waals surface area contributed by atoms with E-state index in [0.717, 1.165) is 24.1 Å². The Bertz CT molecular complexity index is 469. The maximum atomic E-state index is 5.79. The number of aryl methyl sites for hydroxylation is 1. The van der Waals surface area contributed by atoms with Crippen LogP contribution in [-0.2, 0) is 0 Å². The second kappa shape index (κ2) is 7.31. The van der Waals surface area contributed by atoms with Crippen LogP contribution >= 0.6 is 0 Å². The van der Waals surface area contributed by atoms with Crippen molar-refractivity contribution in [2.45, 2.75) is 52.4 Å². The van der Waals surface area contributed by atoms with E-state index in [1.54, 1.807) is 0 Å². The molecule has 1 saturated carbocycles. The fourth-order valence-electron chi connectivity index (χ4n) is 3.95. The Labute approximate surface area is 130 Å². The zero-order valence-electron chi connectivity index (χ0n) is 14.3. The van der Waals surface area contributed by atoms with Gasteiger partial charge in [0.1, 0.15) is 5.75 Å². The highest BCUT2D eigenvalue weighted by molar-refractivity contribution is 5.47. The van der Waals surface area contributed by atoms with Gasteiger partial charge in [-0.1, -0.05) is 31.9 Å². The van der Waals surface area contributed by atoms with E-state index in [2.05, 4.69) is 45.3 Å². The van der Waals surface area contributed by atoms with Gasteiger partial charge in [0.2, 0.25) is 0 Å². The van der Waals surface area contributed by atoms with Gasteiger partial charge in [0, 0.05) is 0 Å². The lowest BCUT2D eigenvalue weighted by atomic mass is 9.70. The van der Waals surface area contributed by atoms with Gasteiger partial charge in [-0.2, -0.15) is 0 Å². The first-order chi connectivity index (χ1) is 10.1. The quantitative estimate of drug-likeness (QED) is 0.865. The SMILES string of the molecule is CCC1CCC(CNC)C(c2ccc(C)c(C)c2OC)C1. The molecule has 0 heterocycles. The minimum Gasteiger partial charge on any atom is -0.496 e. The van der Waals surface area contributed by atoms with Crippen LogP contribution in [0.25, 0.3) is 0 Å². The molecule has 0 spiro atoms. The van der Waals surface area contributed by atoms with E-state index in [9.17, 15) is 0 Å². The number of hydrogen-bond donors (Lipinski definition) is 1. The van der Waals surface area contributed by atoms with Crippen molar-refractivity contribution >= 4 is 0 Å². The predicted molar refractivity (Wildman–Crippen MR) is 90.3 cm³/mol. The maximum Gasteiger partial charge on any atom is 0.125 e. The summed E-state index contributed by atoms with van der Waals surface area (Å²) in [6.45, 7) is 7.79. The van der Waals surface area contributed by atoms with E-state index in [-0.39, 0.29) is 0 Å². The van der Waals surface area contributed by atoms with Crippen LogP contribution < -0.4 is 10.1 Å². The molecule has 0 amide bonds. The summed E-state index contributed by atoms with van der Waals surface area (Å²) >= 11 is 0. The Morgan fingerprint density at radius 3 is 2.62 bits per heavy atom. The van der Waals surface area contributed by atoms with Gasteiger partial charge in [0.25, 0.3) is 0 Å². The monoisotopic (exact) mass is 289 g/mol. The van der Waals surface area contributed by atoms with Gasteiger partial charge in [0.15, 0.2) is 0 Å². The summed E-state index contributed by atoms with van der Waals surface area (Å²) in [6.07, 6.45) is 5.32. The highest BCUT2D eigenvalue weighted by Gasteiger charge is 2.32. The molecular weight excluding hydrogens is 258 g/mol. The van der Waals surface area contributed by atoms with Gasteiger partial charge >= 0.3 is 0 Å². The summed E-state index contributed by atoms with van der Waals surface area (Å²) in [5.41, 5.74) is 4.06. The molecule has 3 atom stereocenters. The summed E-state index contributed by atoms with van der Waals surface area (Å²) in [6, 6.07) is 4.58. The van der Waals surface area contributed by atoms with Crippen molar-refractivity contribution in [3.8, 4) is 5.75 Å². The Hall–Kier alpha value is -1.02. The number of rotatable bonds is 5. The third-order valence-corrected chi connectivity index (χ3v) is 5.46. The third-order valence-electron chi connectivity index (χ3n) is 5.46. The summed E-state index contributed by atoms with van der Waals surface area (Å²) in [7, 11) is 3.89. The van der Waals surface area contributed by atoms with Crippen LogP contribution in [0.5, 0.6) is 5.75 Å². The lowest BCUT2D eigenvalue weighted by molar-refractivity contribution is 0.224. The number of hydrogen-bond acceptors (Lipinski definition) is 2. The van der Waals surface area contributed by atoms with Crippen molar-refractivity contribution in [3.05, 3.63) is 28.8 Å². The topological polar surface area (TPSA) is 21.3 Å². The van der Waals surface area contributed by atoms with E-state index < -0.39 is 0 Å². The molecule has 1 aromatic carbocycles. The molecule has 1 aliphatic rings. The molecule has 118 valence electrons. The fraction of sp³-hybridized carbons (Fsp3) is 0.684. The second-order valence-corrected chi connectivity index (χ2v) is 6.64. The highest BCUT2D eigenvalue weighted by atomic mass is 16.5. The lowest BCUT2D eigenvalue weighted by Gasteiger charge is -2.37. The molecule has 0 bridgehead atoms. The minimum atomic E-state index is 0.630. The molecule has 3 unspecified atom stereocenters. The van der Waals surface area contributed by atoms with E-state index in [1.807, 2.05) is 7.11 Å². The van der Waals surface area contributed by atoms with Crippen molar-refractivity contribution in [2.75, 3.05) is 20.7 Å². The van der Waals surface area contributed by atoms with E-state index in [0.29, 0.717) is 5.92 Å². The van der Waals surface area contributed by atoms with E-state index >= 15 is 0 Å². The van der Waals surface area contributed by atoms with Crippen LogP contribution in [-0.4, -0.2) is 20.7 Å². The van der Waals surface area contributed by atoms with Crippen molar-refractivity contribution in [3.63, 3.8) is 0 Å². The molecule has 0 aromatic heterocycles. The zero-order valence-corrected chi connectivity index (χ0v) is 14.3. The van der Waals surface area contributed by atoms with Crippen LogP contribution in [0.2, 0.25) is 0 Å². The average molecular weight is 289 g/mol. The van der Waals surface area contributed by atoms with Gasteiger partial charge in [-0.15, -0.1) is 0 Å². The predicted octanol–water partition coefficient (Wildman–Crippen LogP) is 4.44. The number of benzene rings is 1. The molecule has 1 fully saturated rings. The molecule has 2 heteroatoms. The smallest absolute Gasteiger partial charge is 0.125 e. The molecule has 0 saturated heterocycles. The standard InChI is InChI=1S/C19H31NO/c1-6-15-8-9-16(12-20-4)18(11-15)17-10-7-13(2)14(3)19(17)21-5/h7,10,15-16,18,20H,6,8-9,11-12H2,1-5H3. The number of methoxy groups -OCH3 is 1. The minimum absolute atomic E-state index is 0.630. The van der Waals surface area contributed by atoms with E-state index in [1.165, 1.54) is 42.4 Å². The van der Waals surface area contributed by atoms with Gasteiger partial charge in [-0.3, -0.25) is 0 Å². The second-order valence-electron chi connectivity index (χ2n) is 6.64. The van der Waals surface area contributed by atoms with Crippen molar-refractivity contribution in [1.29, 1.82) is 0 Å². The van der Waals surface area contributed by atoms with Gasteiger partial charge in [-0.25, -0.2) is 0 Å². The fourth-order valence-corrected chi connectivity index (χ4v) is 3.95. The average Bonchev–Trinajstić information content (AvgIpc) is 2.50. The Kier molecular flexibility index (Phi) is 5.69. The molecule has 2 nitrogen and oxygen atoms in total. The van der Waals surface area contributed by atoms with Crippen molar-refractivity contribution in [2.24, 2.45) is 11.8 Å². The number of nitrogens with one attached hydrogen (secondary N) is 1. The van der Waals surface area contributed by atoms with Gasteiger partial charge < -0.3 is 10.1 Å². The van der Waals surface area contributed by atoms with E-state index in [4.69, 9.17) is 4.74 Å². The van der Waals surface area contributed by atoms with Crippen LogP contribution in [0.15, 0.2) is 12.1 Å². The van der Waals surface area contributed by atoms with Crippen molar-refractivity contribution < 1.29 is 4.74 Å². The highest BCUT2D eigenvalue weighted by Crippen LogP contribution is 2.45. The van der Waals surface area contributed by atoms with Crippen LogP contribution in [0.4, 0.5) is 0 Å². The molecule has 1 aliphatic carbocycles. The summed E-state index contributed by atoms with van der Waals surface area (Å²) in [5, 5.41) is 3.39. The molecule has 0 aliphatic heterocycles. The Morgan fingerprint density at radius 1 is 1.24 bits per heavy atom. The largest absolute Gasteiger partial charge is 0.496 e. The van der Waals surface area contributed by atoms with Gasteiger partial charge in [0.05, 0.1) is 7.11 Å². The molecular formula is C19H31NO. The normalized spacial score (nSPS) is 25.9. The summed E-state index contributed by atoms with van der Waals surface area (Å²) in [5.74, 6) is 3.35. The third kappa shape index (κ3) is 3.42. The lowest BCUT2D eigenvalue weighted by Crippen LogP contribution is -2.30. The zero-order chi connectivity index (χ0) is 15.4. The first-order valence-corrected chi connectivity index (χ1v) is 8.41. The van der Waals surface area contributed by atoms with Gasteiger partial charge in [-0.05, 0) is 74.7 Å². The number of ether oxygens (including phenoxy) is 1. The first-order valence-electron chi connectivity index (χ1n) is 8.41. The Balaban J connectivity index is 2.37. The first kappa shape index (κ1) is 16.4. The summed E-state index contributed by atoms with van der Waals surface area (Å²) in [4.78, 5) is 0. The molecule has 0 radical (unpaired) electrons. The van der Waals surface area contributed by atoms with Crippen LogP contribution in [0, 0.1) is 25.7 Å². The summed E-state index contributed by atoms with van der Waals surface area (Å²) < 4.78 is 5.79. The molecule has 21 heavy (non-hydrogen) atoms.